The van der Waals surface area contributed by atoms with Crippen LogP contribution >= 0.6 is 0 Å². The molecule has 0 amide bonds. The van der Waals surface area contributed by atoms with Crippen LogP contribution in [-0.4, -0.2) is 5.11 Å². The van der Waals surface area contributed by atoms with E-state index in [9.17, 15) is 5.11 Å². The monoisotopic (exact) mass is 330 g/mol. The van der Waals surface area contributed by atoms with Crippen LogP contribution in [0.1, 0.15) is 33.4 Å². The lowest BCUT2D eigenvalue weighted by Gasteiger charge is -2.09. The van der Waals surface area contributed by atoms with Crippen LogP contribution in [0.15, 0.2) is 66.7 Å². The fourth-order valence-electron chi connectivity index (χ4n) is 3.07. The molecule has 0 atom stereocenters. The Hall–Kier alpha value is -2.54. The van der Waals surface area contributed by atoms with Gasteiger partial charge in [0.25, 0.3) is 0 Å². The van der Waals surface area contributed by atoms with Gasteiger partial charge in [-0.15, -0.1) is 0 Å². The summed E-state index contributed by atoms with van der Waals surface area (Å²) in [4.78, 5) is 0. The Bertz CT molecular complexity index is 814. The average molecular weight is 330 g/mol. The second kappa shape index (κ2) is 8.02. The minimum Gasteiger partial charge on any atom is -0.508 e. The average Bonchev–Trinajstić information content (AvgIpc) is 2.62. The topological polar surface area (TPSA) is 20.2 Å². The van der Waals surface area contributed by atoms with Crippen LogP contribution in [0, 0.1) is 13.8 Å². The van der Waals surface area contributed by atoms with Crippen molar-refractivity contribution < 1.29 is 5.11 Å². The first-order valence-electron chi connectivity index (χ1n) is 9.02. The fraction of sp³-hybridized carbons (Fsp3) is 0.250. The van der Waals surface area contributed by atoms with Gasteiger partial charge >= 0.3 is 0 Å². The largest absolute Gasteiger partial charge is 0.508 e. The van der Waals surface area contributed by atoms with Crippen molar-refractivity contribution in [1.29, 1.82) is 0 Å². The van der Waals surface area contributed by atoms with Gasteiger partial charge in [0.2, 0.25) is 0 Å². The lowest BCUT2D eigenvalue weighted by atomic mass is 9.98. The number of hydrogen-bond acceptors (Lipinski definition) is 1. The van der Waals surface area contributed by atoms with Crippen LogP contribution < -0.4 is 0 Å². The number of phenolic OH excluding ortho intramolecular Hbond substituents is 1. The number of benzene rings is 3. The number of hydrogen-bond donors (Lipinski definition) is 1. The van der Waals surface area contributed by atoms with Gasteiger partial charge in [0.05, 0.1) is 0 Å². The number of aryl methyl sites for hydroxylation is 6. The van der Waals surface area contributed by atoms with E-state index in [-0.39, 0.29) is 0 Å². The number of aromatic hydroxyl groups is 1. The molecule has 0 heterocycles. The molecule has 0 aliphatic rings. The molecule has 1 N–H and O–H groups in total. The highest BCUT2D eigenvalue weighted by atomic mass is 16.3. The summed E-state index contributed by atoms with van der Waals surface area (Å²) < 4.78 is 0. The highest BCUT2D eigenvalue weighted by Crippen LogP contribution is 2.22. The Morgan fingerprint density at radius 2 is 1.00 bits per heavy atom. The summed E-state index contributed by atoms with van der Waals surface area (Å²) in [5, 5.41) is 10.2. The summed E-state index contributed by atoms with van der Waals surface area (Å²) in [6.45, 7) is 4.22. The van der Waals surface area contributed by atoms with E-state index in [0.717, 1.165) is 31.2 Å². The molecule has 0 fully saturated rings. The van der Waals surface area contributed by atoms with Gasteiger partial charge in [0.1, 0.15) is 5.75 Å². The third kappa shape index (κ3) is 4.96. The van der Waals surface area contributed by atoms with E-state index in [1.165, 1.54) is 27.8 Å². The molecule has 0 aliphatic heterocycles. The van der Waals surface area contributed by atoms with E-state index in [1.54, 1.807) is 0 Å². The first kappa shape index (κ1) is 17.3. The standard InChI is InChI=1S/C24H26O/c1-18-3-7-20(8-4-18)11-12-22-14-16-24(25)23(17-22)15-13-21-9-5-19(2)6-10-21/h3-10,14,16-17,25H,11-13,15H2,1-2H3. The summed E-state index contributed by atoms with van der Waals surface area (Å²) in [5.74, 6) is 0.409. The Morgan fingerprint density at radius 3 is 1.56 bits per heavy atom. The molecule has 3 rings (SSSR count). The van der Waals surface area contributed by atoms with Gasteiger partial charge in [-0.3, -0.25) is 0 Å². The predicted molar refractivity (Wildman–Crippen MR) is 105 cm³/mol. The van der Waals surface area contributed by atoms with Crippen LogP contribution in [0.3, 0.4) is 0 Å². The molecule has 1 heteroatoms. The molecule has 3 aromatic rings. The highest BCUT2D eigenvalue weighted by molar-refractivity contribution is 5.37. The third-order valence-electron chi connectivity index (χ3n) is 4.77. The van der Waals surface area contributed by atoms with Gasteiger partial charge in [0.15, 0.2) is 0 Å². The van der Waals surface area contributed by atoms with E-state index >= 15 is 0 Å². The molecule has 3 aromatic carbocycles. The lowest BCUT2D eigenvalue weighted by Crippen LogP contribution is -1.96. The van der Waals surface area contributed by atoms with E-state index < -0.39 is 0 Å². The zero-order valence-corrected chi connectivity index (χ0v) is 15.1. The number of phenols is 1. The van der Waals surface area contributed by atoms with Gasteiger partial charge in [-0.1, -0.05) is 71.8 Å². The maximum Gasteiger partial charge on any atom is 0.118 e. The number of rotatable bonds is 6. The highest BCUT2D eigenvalue weighted by Gasteiger charge is 2.05. The first-order chi connectivity index (χ1) is 12.1. The van der Waals surface area contributed by atoms with Gasteiger partial charge in [-0.25, -0.2) is 0 Å². The molecule has 1 nitrogen and oxygen atoms in total. The maximum absolute atomic E-state index is 10.2. The van der Waals surface area contributed by atoms with Crippen molar-refractivity contribution in [3.8, 4) is 5.75 Å². The molecule has 0 radical (unpaired) electrons. The normalized spacial score (nSPS) is 10.8. The quantitative estimate of drug-likeness (QED) is 0.625. The predicted octanol–water partition coefficient (Wildman–Crippen LogP) is 5.58. The van der Waals surface area contributed by atoms with Crippen molar-refractivity contribution in [2.75, 3.05) is 0 Å². The Balaban J connectivity index is 1.63. The zero-order chi connectivity index (χ0) is 17.6. The van der Waals surface area contributed by atoms with Gasteiger partial charge in [-0.05, 0) is 67.9 Å². The second-order valence-electron chi connectivity index (χ2n) is 6.93. The molecule has 0 bridgehead atoms. The molecule has 0 saturated carbocycles. The SMILES string of the molecule is Cc1ccc(CCc2ccc(O)c(CCc3ccc(C)cc3)c2)cc1. The molecule has 25 heavy (non-hydrogen) atoms. The fourth-order valence-corrected chi connectivity index (χ4v) is 3.07. The van der Waals surface area contributed by atoms with Crippen molar-refractivity contribution in [2.45, 2.75) is 39.5 Å². The summed E-state index contributed by atoms with van der Waals surface area (Å²) in [6, 6.07) is 23.4. The van der Waals surface area contributed by atoms with Crippen LogP contribution in [0.5, 0.6) is 5.75 Å². The van der Waals surface area contributed by atoms with E-state index in [2.05, 4.69) is 68.4 Å². The summed E-state index contributed by atoms with van der Waals surface area (Å²) in [6.07, 6.45) is 3.85. The van der Waals surface area contributed by atoms with Crippen molar-refractivity contribution in [1.82, 2.24) is 0 Å². The Kier molecular flexibility index (Phi) is 5.55. The van der Waals surface area contributed by atoms with Crippen molar-refractivity contribution in [3.05, 3.63) is 100 Å². The molecular formula is C24H26O. The molecule has 0 aliphatic carbocycles. The molecule has 0 spiro atoms. The van der Waals surface area contributed by atoms with Gasteiger partial charge in [-0.2, -0.15) is 0 Å². The van der Waals surface area contributed by atoms with E-state index in [4.69, 9.17) is 0 Å². The summed E-state index contributed by atoms with van der Waals surface area (Å²) >= 11 is 0. The zero-order valence-electron chi connectivity index (χ0n) is 15.1. The van der Waals surface area contributed by atoms with Crippen LogP contribution in [0.4, 0.5) is 0 Å². The Labute approximate surface area is 151 Å². The van der Waals surface area contributed by atoms with Gasteiger partial charge < -0.3 is 5.11 Å². The minimum absolute atomic E-state index is 0.409. The maximum atomic E-state index is 10.2. The smallest absolute Gasteiger partial charge is 0.118 e. The molecular weight excluding hydrogens is 304 g/mol. The molecule has 128 valence electrons. The van der Waals surface area contributed by atoms with Crippen LogP contribution in [0.2, 0.25) is 0 Å². The van der Waals surface area contributed by atoms with Crippen LogP contribution in [0.25, 0.3) is 0 Å². The van der Waals surface area contributed by atoms with E-state index in [1.807, 2.05) is 12.1 Å². The van der Waals surface area contributed by atoms with Gasteiger partial charge in [0, 0.05) is 0 Å². The first-order valence-corrected chi connectivity index (χ1v) is 9.02. The lowest BCUT2D eigenvalue weighted by molar-refractivity contribution is 0.467. The molecule has 0 aromatic heterocycles. The summed E-state index contributed by atoms with van der Waals surface area (Å²) in [7, 11) is 0. The third-order valence-corrected chi connectivity index (χ3v) is 4.77. The summed E-state index contributed by atoms with van der Waals surface area (Å²) in [5.41, 5.74) is 7.59. The van der Waals surface area contributed by atoms with Crippen molar-refractivity contribution >= 4 is 0 Å². The van der Waals surface area contributed by atoms with Crippen molar-refractivity contribution in [3.63, 3.8) is 0 Å². The minimum atomic E-state index is 0.409. The second-order valence-corrected chi connectivity index (χ2v) is 6.93. The molecule has 0 unspecified atom stereocenters. The van der Waals surface area contributed by atoms with E-state index in [0.29, 0.717) is 5.75 Å². The Morgan fingerprint density at radius 1 is 0.560 bits per heavy atom. The van der Waals surface area contributed by atoms with Crippen molar-refractivity contribution in [2.24, 2.45) is 0 Å². The molecule has 0 saturated heterocycles. The van der Waals surface area contributed by atoms with Crippen LogP contribution in [-0.2, 0) is 25.7 Å².